The highest BCUT2D eigenvalue weighted by Crippen LogP contribution is 2.38. The molecule has 0 aliphatic heterocycles. The van der Waals surface area contributed by atoms with Gasteiger partial charge in [0.25, 0.3) is 7.82 Å². The summed E-state index contributed by atoms with van der Waals surface area (Å²) >= 11 is 0. The van der Waals surface area contributed by atoms with Crippen molar-refractivity contribution < 1.29 is 37.3 Å². The van der Waals surface area contributed by atoms with Crippen molar-refractivity contribution in [3.8, 4) is 0 Å². The number of phosphoric ester groups is 1. The minimum atomic E-state index is -4.71. The molecule has 9 nitrogen and oxygen atoms in total. The van der Waals surface area contributed by atoms with Gasteiger partial charge in [0.1, 0.15) is 19.3 Å². The summed E-state index contributed by atoms with van der Waals surface area (Å²) in [6.45, 7) is 6.77. The number of ether oxygens (including phenoxy) is 1. The van der Waals surface area contributed by atoms with Gasteiger partial charge in [-0.15, -0.1) is 0 Å². The van der Waals surface area contributed by atoms with Gasteiger partial charge in [0.15, 0.2) is 0 Å². The van der Waals surface area contributed by atoms with Crippen LogP contribution in [0.15, 0.2) is 72.9 Å². The van der Waals surface area contributed by atoms with Crippen molar-refractivity contribution in [1.82, 2.24) is 5.32 Å². The quantitative estimate of drug-likeness (QED) is 0.0212. The SMILES string of the molecule is CC/C=C\C/C=C\C/C=C\C/C=C\C/C=C\CCCCCCCCCC(=O)NC(COP(=O)([O-])OCC[N+](C)(C)C)C(/C=C/CCCCCCCCCCCCC)OC(=O)CCCCCCCCCCCCCCCCCCCCCCCCCCC. The lowest BCUT2D eigenvalue weighted by atomic mass is 10.0. The second kappa shape index (κ2) is 66.4. The molecule has 1 amide bonds. The highest BCUT2D eigenvalue weighted by Gasteiger charge is 2.27. The molecule has 0 fully saturated rings. The number of nitrogens with zero attached hydrogens (tertiary/aromatic N) is 1. The van der Waals surface area contributed by atoms with Crippen LogP contribution in [0.3, 0.4) is 0 Å². The fourth-order valence-electron chi connectivity index (χ4n) is 11.0. The first-order chi connectivity index (χ1) is 42.4. The van der Waals surface area contributed by atoms with Crippen LogP contribution in [0.4, 0.5) is 0 Å². The molecule has 0 spiro atoms. The molecule has 0 aromatic carbocycles. The number of amides is 1. The number of hydrogen-bond donors (Lipinski definition) is 1. The number of allylic oxidation sites excluding steroid dienone is 11. The molecule has 87 heavy (non-hydrogen) atoms. The van der Waals surface area contributed by atoms with Crippen LogP contribution in [0.2, 0.25) is 0 Å². The number of phosphoric acid groups is 1. The number of hydrogen-bond acceptors (Lipinski definition) is 7. The Kier molecular flexibility index (Phi) is 64.4. The predicted octanol–water partition coefficient (Wildman–Crippen LogP) is 23.3. The number of unbranched alkanes of at least 4 members (excludes halogenated alkanes) is 42. The van der Waals surface area contributed by atoms with Crippen LogP contribution in [-0.4, -0.2) is 69.4 Å². The van der Waals surface area contributed by atoms with Crippen molar-refractivity contribution in [2.24, 2.45) is 0 Å². The number of esters is 1. The smallest absolute Gasteiger partial charge is 0.306 e. The third-order valence-corrected chi connectivity index (χ3v) is 17.6. The summed E-state index contributed by atoms with van der Waals surface area (Å²) in [4.78, 5) is 40.3. The minimum absolute atomic E-state index is 0.0253. The highest BCUT2D eigenvalue weighted by atomic mass is 31.2. The Morgan fingerprint density at radius 3 is 1.10 bits per heavy atom. The average Bonchev–Trinajstić information content (AvgIpc) is 3.69. The molecule has 0 aliphatic carbocycles. The molecule has 0 radical (unpaired) electrons. The van der Waals surface area contributed by atoms with E-state index in [4.69, 9.17) is 13.8 Å². The fraction of sp³-hybridized carbons (Fsp3) is 0.818. The molecule has 0 saturated carbocycles. The number of carbonyl (C=O) groups excluding carboxylic acids is 2. The van der Waals surface area contributed by atoms with E-state index in [2.05, 4.69) is 86.8 Å². The molecule has 0 heterocycles. The third-order valence-electron chi connectivity index (χ3n) is 16.7. The first-order valence-electron chi connectivity index (χ1n) is 37.2. The van der Waals surface area contributed by atoms with Gasteiger partial charge in [0.2, 0.25) is 5.91 Å². The monoisotopic (exact) mass is 1240 g/mol. The Labute approximate surface area is 540 Å². The van der Waals surface area contributed by atoms with E-state index in [1.165, 1.54) is 218 Å². The number of carbonyl (C=O) groups is 2. The zero-order valence-corrected chi connectivity index (χ0v) is 59.1. The summed E-state index contributed by atoms with van der Waals surface area (Å²) in [5.74, 6) is -0.539. The Morgan fingerprint density at radius 1 is 0.414 bits per heavy atom. The second-order valence-corrected chi connectivity index (χ2v) is 27.8. The number of likely N-dealkylation sites (N-methyl/N-ethyl adjacent to an activating group) is 1. The van der Waals surface area contributed by atoms with Gasteiger partial charge < -0.3 is 28.5 Å². The Morgan fingerprint density at radius 2 is 0.736 bits per heavy atom. The molecule has 0 bridgehead atoms. The second-order valence-electron chi connectivity index (χ2n) is 26.4. The molecule has 10 heteroatoms. The lowest BCUT2D eigenvalue weighted by molar-refractivity contribution is -0.870. The van der Waals surface area contributed by atoms with Crippen LogP contribution in [0.25, 0.3) is 0 Å². The third kappa shape index (κ3) is 67.7. The molecule has 0 aliphatic rings. The van der Waals surface area contributed by atoms with Gasteiger partial charge in [0.05, 0.1) is 33.8 Å². The Balaban J connectivity index is 5.06. The molecule has 0 aromatic rings. The molecular formula is C77H143N2O7P. The van der Waals surface area contributed by atoms with Gasteiger partial charge in [-0.2, -0.15) is 0 Å². The number of rotatable bonds is 68. The molecule has 3 atom stereocenters. The number of nitrogens with one attached hydrogen (secondary N) is 1. The lowest BCUT2D eigenvalue weighted by Crippen LogP contribution is -2.47. The van der Waals surface area contributed by atoms with Crippen molar-refractivity contribution in [3.63, 3.8) is 0 Å². The first-order valence-corrected chi connectivity index (χ1v) is 38.7. The van der Waals surface area contributed by atoms with Gasteiger partial charge in [-0.05, 0) is 76.7 Å². The normalized spacial score (nSPS) is 13.9. The van der Waals surface area contributed by atoms with E-state index >= 15 is 0 Å². The highest BCUT2D eigenvalue weighted by molar-refractivity contribution is 7.45. The zero-order chi connectivity index (χ0) is 63.5. The van der Waals surface area contributed by atoms with Gasteiger partial charge >= 0.3 is 5.97 Å². The molecule has 0 saturated heterocycles. The standard InChI is InChI=1S/C77H143N2O7P/c1-7-10-13-16-19-22-25-28-30-32-34-36-38-39-41-43-45-47-49-52-55-58-61-64-67-70-77(81)86-75(68-65-62-59-56-53-50-27-24-21-18-15-12-9-3)74(73-85-87(82,83)84-72-71-79(4,5)6)78-76(80)69-66-63-60-57-54-51-48-46-44-42-40-37-35-33-31-29-26-23-20-17-14-11-8-2/h11,14,20,23,29,31,35,37,42,44,65,68,74-75H,7-10,12-13,15-19,21-22,24-28,30,32-34,36,38-41,43,45-64,66-67,69-73H2,1-6H3,(H-,78,80,82,83)/b14-11-,23-20-,31-29-,37-35-,44-42-,68-65+. The van der Waals surface area contributed by atoms with Gasteiger partial charge in [0, 0.05) is 12.8 Å². The van der Waals surface area contributed by atoms with Gasteiger partial charge in [-0.1, -0.05) is 338 Å². The average molecular weight is 1240 g/mol. The maximum atomic E-state index is 13.6. The van der Waals surface area contributed by atoms with Gasteiger partial charge in [-0.3, -0.25) is 14.2 Å². The van der Waals surface area contributed by atoms with Crippen LogP contribution in [0.5, 0.6) is 0 Å². The van der Waals surface area contributed by atoms with E-state index in [1.807, 2.05) is 33.3 Å². The van der Waals surface area contributed by atoms with Crippen LogP contribution in [0.1, 0.15) is 355 Å². The summed E-state index contributed by atoms with van der Waals surface area (Å²) in [5, 5.41) is 3.05. The van der Waals surface area contributed by atoms with E-state index in [-0.39, 0.29) is 24.9 Å². The zero-order valence-electron chi connectivity index (χ0n) is 58.2. The van der Waals surface area contributed by atoms with Crippen LogP contribution in [-0.2, 0) is 27.9 Å². The molecule has 0 rings (SSSR count). The van der Waals surface area contributed by atoms with E-state index in [0.717, 1.165) is 103 Å². The van der Waals surface area contributed by atoms with Crippen LogP contribution in [0, 0.1) is 0 Å². The van der Waals surface area contributed by atoms with Gasteiger partial charge in [-0.25, -0.2) is 0 Å². The Bertz CT molecular complexity index is 1720. The predicted molar refractivity (Wildman–Crippen MR) is 376 cm³/mol. The van der Waals surface area contributed by atoms with E-state index in [1.54, 1.807) is 0 Å². The topological polar surface area (TPSA) is 114 Å². The summed E-state index contributed by atoms with van der Waals surface area (Å²) in [5.41, 5.74) is 0. The maximum Gasteiger partial charge on any atom is 0.306 e. The maximum absolute atomic E-state index is 13.6. The van der Waals surface area contributed by atoms with Crippen molar-refractivity contribution in [2.75, 3.05) is 40.9 Å². The van der Waals surface area contributed by atoms with Crippen LogP contribution < -0.4 is 10.2 Å². The van der Waals surface area contributed by atoms with E-state index in [0.29, 0.717) is 17.4 Å². The molecule has 508 valence electrons. The summed E-state index contributed by atoms with van der Waals surface area (Å²) in [7, 11) is 1.18. The molecule has 3 unspecified atom stereocenters. The lowest BCUT2D eigenvalue weighted by Gasteiger charge is -2.30. The fourth-order valence-corrected chi connectivity index (χ4v) is 11.7. The van der Waals surface area contributed by atoms with E-state index < -0.39 is 26.6 Å². The molecule has 0 aromatic heterocycles. The van der Waals surface area contributed by atoms with E-state index in [9.17, 15) is 19.0 Å². The largest absolute Gasteiger partial charge is 0.756 e. The summed E-state index contributed by atoms with van der Waals surface area (Å²) in [6, 6.07) is -0.897. The van der Waals surface area contributed by atoms with Crippen molar-refractivity contribution >= 4 is 19.7 Å². The first kappa shape index (κ1) is 84.5. The number of quaternary nitrogens is 1. The van der Waals surface area contributed by atoms with Crippen LogP contribution >= 0.6 is 7.82 Å². The van der Waals surface area contributed by atoms with Crippen molar-refractivity contribution in [1.29, 1.82) is 0 Å². The molecule has 1 N–H and O–H groups in total. The molecular weight excluding hydrogens is 1100 g/mol. The summed E-state index contributed by atoms with van der Waals surface area (Å²) < 4.78 is 30.5. The minimum Gasteiger partial charge on any atom is -0.756 e. The van der Waals surface area contributed by atoms with Crippen molar-refractivity contribution in [3.05, 3.63) is 72.9 Å². The Hall–Kier alpha value is -2.55. The summed E-state index contributed by atoms with van der Waals surface area (Å²) in [6.07, 6.45) is 87.5. The van der Waals surface area contributed by atoms with Crippen molar-refractivity contribution in [2.45, 2.75) is 367 Å².